The molecule has 1 N–H and O–H groups in total. The molecule has 6 nitrogen and oxygen atoms in total. The van der Waals surface area contributed by atoms with Crippen molar-refractivity contribution in [2.75, 3.05) is 0 Å². The number of ketones is 2. The van der Waals surface area contributed by atoms with Gasteiger partial charge in [0, 0.05) is 0 Å². The second kappa shape index (κ2) is 13.0. The summed E-state index contributed by atoms with van der Waals surface area (Å²) in [5, 5.41) is 14.7. The van der Waals surface area contributed by atoms with Crippen molar-refractivity contribution >= 4 is 40.7 Å². The number of aliphatic hydroxyl groups is 1. The predicted octanol–water partition coefficient (Wildman–Crippen LogP) is 6.27. The van der Waals surface area contributed by atoms with E-state index in [1.165, 1.54) is 13.8 Å². The lowest BCUT2D eigenvalue weighted by Gasteiger charge is -2.36. The van der Waals surface area contributed by atoms with Gasteiger partial charge in [-0.25, -0.2) is 0 Å². The number of benzene rings is 3. The van der Waals surface area contributed by atoms with Crippen LogP contribution >= 0.6 is 7.26 Å². The highest BCUT2D eigenvalue weighted by Crippen LogP contribution is 2.66. The Balaban J connectivity index is 2.68. The molecule has 0 saturated heterocycles. The molecule has 0 saturated carbocycles. The van der Waals surface area contributed by atoms with Gasteiger partial charge < -0.3 is 14.6 Å². The summed E-state index contributed by atoms with van der Waals surface area (Å²) in [4.78, 5) is 40.9. The Hall–Kier alpha value is -3.76. The van der Waals surface area contributed by atoms with E-state index in [1.54, 1.807) is 41.5 Å². The Morgan fingerprint density at radius 2 is 0.929 bits per heavy atom. The molecule has 3 aromatic rings. The lowest BCUT2D eigenvalue weighted by molar-refractivity contribution is -0.163. The van der Waals surface area contributed by atoms with E-state index in [9.17, 15) is 19.5 Å². The fraction of sp³-hybridized carbons (Fsp3) is 0.343. The summed E-state index contributed by atoms with van der Waals surface area (Å²) in [6.45, 7) is 13.1. The molecule has 1 unspecified atom stereocenters. The minimum absolute atomic E-state index is 0.158. The molecule has 0 aromatic heterocycles. The number of hydrogen-bond donors (Lipinski definition) is 1. The highest BCUT2D eigenvalue weighted by atomic mass is 31.2. The van der Waals surface area contributed by atoms with Crippen molar-refractivity contribution in [2.24, 2.45) is 11.8 Å². The van der Waals surface area contributed by atoms with Gasteiger partial charge in [0.25, 0.3) is 0 Å². The normalized spacial score (nSPS) is 13.6. The first-order chi connectivity index (χ1) is 19.6. The SMILES string of the molecule is CC(=O)C(C(C)=O)C(C(=O)OC(C)(C)C)/C(=C(\O)OC(C)(C)C)[P+](c1ccccc1)(c1ccccc1)c1ccccc1. The van der Waals surface area contributed by atoms with Gasteiger partial charge in [-0.2, -0.15) is 0 Å². The van der Waals surface area contributed by atoms with Crippen LogP contribution in [0.25, 0.3) is 0 Å². The lowest BCUT2D eigenvalue weighted by Crippen LogP contribution is -2.44. The van der Waals surface area contributed by atoms with E-state index in [1.807, 2.05) is 91.0 Å². The average molecular weight is 590 g/mol. The number of esters is 1. The van der Waals surface area contributed by atoms with E-state index in [0.717, 1.165) is 15.9 Å². The largest absolute Gasteiger partial charge is 0.478 e. The van der Waals surface area contributed by atoms with Crippen LogP contribution in [0.3, 0.4) is 0 Å². The van der Waals surface area contributed by atoms with E-state index in [0.29, 0.717) is 0 Å². The fourth-order valence-electron chi connectivity index (χ4n) is 5.17. The van der Waals surface area contributed by atoms with Crippen LogP contribution in [0.2, 0.25) is 0 Å². The van der Waals surface area contributed by atoms with Gasteiger partial charge in [-0.05, 0) is 91.8 Å². The van der Waals surface area contributed by atoms with Crippen LogP contribution in [0, 0.1) is 11.8 Å². The minimum Gasteiger partial charge on any atom is -0.478 e. The Labute approximate surface area is 250 Å². The third kappa shape index (κ3) is 7.35. The van der Waals surface area contributed by atoms with Crippen molar-refractivity contribution in [2.45, 2.75) is 66.6 Å². The third-order valence-electron chi connectivity index (χ3n) is 6.58. The van der Waals surface area contributed by atoms with Crippen LogP contribution in [-0.2, 0) is 23.9 Å². The molecular weight excluding hydrogens is 547 g/mol. The zero-order valence-corrected chi connectivity index (χ0v) is 26.6. The highest BCUT2D eigenvalue weighted by molar-refractivity contribution is 7.99. The zero-order chi connectivity index (χ0) is 31.3. The second-order valence-electron chi connectivity index (χ2n) is 12.3. The molecule has 3 rings (SSSR count). The first-order valence-corrected chi connectivity index (χ1v) is 15.8. The fourth-order valence-corrected chi connectivity index (χ4v) is 9.76. The maximum Gasteiger partial charge on any atom is 0.319 e. The molecule has 1 atom stereocenters. The molecule has 0 aliphatic rings. The van der Waals surface area contributed by atoms with Crippen LogP contribution in [0.1, 0.15) is 55.4 Å². The Bertz CT molecular complexity index is 1310. The van der Waals surface area contributed by atoms with Crippen molar-refractivity contribution in [1.82, 2.24) is 0 Å². The molecule has 0 aliphatic heterocycles. The van der Waals surface area contributed by atoms with Gasteiger partial charge in [-0.1, -0.05) is 54.6 Å². The summed E-state index contributed by atoms with van der Waals surface area (Å²) < 4.78 is 12.1. The topological polar surface area (TPSA) is 89.9 Å². The quantitative estimate of drug-likeness (QED) is 0.130. The highest BCUT2D eigenvalue weighted by Gasteiger charge is 2.60. The first-order valence-electron chi connectivity index (χ1n) is 14.0. The molecule has 42 heavy (non-hydrogen) atoms. The maximum absolute atomic E-state index is 14.4. The zero-order valence-electron chi connectivity index (χ0n) is 25.8. The molecule has 0 fully saturated rings. The standard InChI is InChI=1S/C35H41O6P/c1-24(36)29(25(2)37)30(32(38)40-34(3,4)5)31(33(39)41-35(6,7)8)42(26-18-12-9-13-19-26,27-20-14-10-15-21-27)28-22-16-11-17-23-28/h9-23,29-30H,1-8H3/p+1/b33-31-. The van der Waals surface area contributed by atoms with Gasteiger partial charge in [0.1, 0.15) is 51.9 Å². The molecule has 0 radical (unpaired) electrons. The average Bonchev–Trinajstić information content (AvgIpc) is 2.89. The van der Waals surface area contributed by atoms with Gasteiger partial charge in [0.15, 0.2) is 5.31 Å². The number of carbonyl (C=O) groups excluding carboxylic acids is 3. The Morgan fingerprint density at radius 3 is 1.21 bits per heavy atom. The monoisotopic (exact) mass is 589 g/mol. The van der Waals surface area contributed by atoms with Crippen LogP contribution < -0.4 is 15.9 Å². The van der Waals surface area contributed by atoms with Crippen LogP contribution in [-0.4, -0.2) is 33.8 Å². The third-order valence-corrected chi connectivity index (χ3v) is 11.0. The first kappa shape index (κ1) is 32.8. The lowest BCUT2D eigenvalue weighted by atomic mass is 9.85. The van der Waals surface area contributed by atoms with Crippen molar-refractivity contribution in [3.8, 4) is 0 Å². The number of ether oxygens (including phenoxy) is 2. The number of Topliss-reactive ketones (excluding diaryl/α,β-unsaturated/α-hetero) is 2. The van der Waals surface area contributed by atoms with Crippen molar-refractivity contribution < 1.29 is 29.0 Å². The van der Waals surface area contributed by atoms with E-state index in [4.69, 9.17) is 9.47 Å². The summed E-state index contributed by atoms with van der Waals surface area (Å²) in [6.07, 6.45) is 0. The minimum atomic E-state index is -3.22. The van der Waals surface area contributed by atoms with Crippen LogP contribution in [0.4, 0.5) is 0 Å². The Kier molecular flexibility index (Phi) is 10.2. The summed E-state index contributed by atoms with van der Waals surface area (Å²) in [5.41, 5.74) is -1.82. The number of aliphatic hydroxyl groups excluding tert-OH is 1. The van der Waals surface area contributed by atoms with Crippen molar-refractivity contribution in [3.63, 3.8) is 0 Å². The summed E-state index contributed by atoms with van der Waals surface area (Å²) in [5.74, 6) is -5.20. The van der Waals surface area contributed by atoms with E-state index >= 15 is 0 Å². The number of carbonyl (C=O) groups is 3. The second-order valence-corrected chi connectivity index (χ2v) is 15.7. The molecular formula is C35H42O6P+. The molecule has 7 heteroatoms. The number of rotatable bonds is 10. The number of hydrogen-bond acceptors (Lipinski definition) is 6. The van der Waals surface area contributed by atoms with Gasteiger partial charge in [0.2, 0.25) is 0 Å². The van der Waals surface area contributed by atoms with E-state index in [2.05, 4.69) is 0 Å². The molecule has 0 spiro atoms. The molecule has 0 heterocycles. The van der Waals surface area contributed by atoms with Gasteiger partial charge in [-0.3, -0.25) is 14.4 Å². The molecule has 0 bridgehead atoms. The predicted molar refractivity (Wildman–Crippen MR) is 170 cm³/mol. The molecule has 0 aliphatic carbocycles. The molecule has 0 amide bonds. The van der Waals surface area contributed by atoms with E-state index in [-0.39, 0.29) is 5.31 Å². The van der Waals surface area contributed by atoms with Crippen molar-refractivity contribution in [3.05, 3.63) is 102 Å². The summed E-state index contributed by atoms with van der Waals surface area (Å²) in [7, 11) is -3.22. The molecule has 222 valence electrons. The van der Waals surface area contributed by atoms with Gasteiger partial charge in [-0.15, -0.1) is 0 Å². The summed E-state index contributed by atoms with van der Waals surface area (Å²) >= 11 is 0. The van der Waals surface area contributed by atoms with Crippen LogP contribution in [0.15, 0.2) is 102 Å². The van der Waals surface area contributed by atoms with Gasteiger partial charge >= 0.3 is 11.9 Å². The smallest absolute Gasteiger partial charge is 0.319 e. The molecule has 3 aromatic carbocycles. The van der Waals surface area contributed by atoms with E-state index < -0.39 is 53.8 Å². The van der Waals surface area contributed by atoms with Crippen LogP contribution in [0.5, 0.6) is 0 Å². The van der Waals surface area contributed by atoms with Crippen molar-refractivity contribution in [1.29, 1.82) is 0 Å². The maximum atomic E-state index is 14.4. The van der Waals surface area contributed by atoms with Gasteiger partial charge in [0.05, 0.1) is 5.92 Å². The Morgan fingerprint density at radius 1 is 0.595 bits per heavy atom. The summed E-state index contributed by atoms with van der Waals surface area (Å²) in [6, 6.07) is 28.7.